The van der Waals surface area contributed by atoms with Crippen LogP contribution in [0.5, 0.6) is 0 Å². The van der Waals surface area contributed by atoms with Gasteiger partial charge in [-0.1, -0.05) is 6.08 Å². The Kier molecular flexibility index (Phi) is 6.41. The van der Waals surface area contributed by atoms with E-state index in [1.807, 2.05) is 0 Å². The van der Waals surface area contributed by atoms with Gasteiger partial charge in [0, 0.05) is 25.0 Å². The molecule has 1 aliphatic heterocycles. The highest BCUT2D eigenvalue weighted by Crippen LogP contribution is 2.09. The van der Waals surface area contributed by atoms with Crippen LogP contribution in [0.25, 0.3) is 0 Å². The number of rotatable bonds is 0. The number of carbonyl (C=O) groups is 2. The molecular weight excluding hydrogens is 264 g/mol. The van der Waals surface area contributed by atoms with E-state index < -0.39 is 36.4 Å². The number of cyclic esters (lactones) is 2. The van der Waals surface area contributed by atoms with Gasteiger partial charge in [-0.05, 0) is 19.9 Å². The van der Waals surface area contributed by atoms with Crippen LogP contribution in [-0.4, -0.2) is 46.6 Å². The van der Waals surface area contributed by atoms with Crippen LogP contribution < -0.4 is 0 Å². The van der Waals surface area contributed by atoms with E-state index in [4.69, 9.17) is 9.47 Å². The largest absolute Gasteiger partial charge is 0.459 e. The average molecular weight is 284 g/mol. The average Bonchev–Trinajstić information content (AvgIpc) is 2.34. The van der Waals surface area contributed by atoms with Crippen LogP contribution >= 0.6 is 0 Å². The minimum atomic E-state index is -1.22. The van der Waals surface area contributed by atoms with Crippen LogP contribution in [0.1, 0.15) is 26.7 Å². The number of aliphatic hydroxyl groups is 2. The van der Waals surface area contributed by atoms with Gasteiger partial charge < -0.3 is 19.7 Å². The van der Waals surface area contributed by atoms with Gasteiger partial charge in [0.2, 0.25) is 0 Å². The molecule has 0 saturated heterocycles. The zero-order chi connectivity index (χ0) is 15.1. The number of aliphatic hydroxyl groups excluding tert-OH is 2. The Morgan fingerprint density at radius 2 is 1.65 bits per heavy atom. The highest BCUT2D eigenvalue weighted by molar-refractivity contribution is 5.82. The van der Waals surface area contributed by atoms with Crippen LogP contribution in [0.3, 0.4) is 0 Å². The summed E-state index contributed by atoms with van der Waals surface area (Å²) in [7, 11) is 0. The van der Waals surface area contributed by atoms with E-state index in [-0.39, 0.29) is 6.42 Å². The van der Waals surface area contributed by atoms with Crippen molar-refractivity contribution in [3.8, 4) is 0 Å². The highest BCUT2D eigenvalue weighted by Gasteiger charge is 2.19. The molecule has 4 atom stereocenters. The molecule has 0 aromatic heterocycles. The predicted molar refractivity (Wildman–Crippen MR) is 70.6 cm³/mol. The molecule has 20 heavy (non-hydrogen) atoms. The minimum Gasteiger partial charge on any atom is -0.459 e. The number of carbonyl (C=O) groups excluding carboxylic acids is 2. The Labute approximate surface area is 117 Å². The van der Waals surface area contributed by atoms with E-state index >= 15 is 0 Å². The third-order valence-corrected chi connectivity index (χ3v) is 2.75. The lowest BCUT2D eigenvalue weighted by molar-refractivity contribution is -0.144. The molecule has 112 valence electrons. The maximum absolute atomic E-state index is 11.4. The van der Waals surface area contributed by atoms with E-state index in [1.165, 1.54) is 6.08 Å². The van der Waals surface area contributed by atoms with Crippen LogP contribution in [0.15, 0.2) is 24.3 Å². The van der Waals surface area contributed by atoms with Crippen molar-refractivity contribution in [2.45, 2.75) is 51.1 Å². The molecule has 0 aliphatic carbocycles. The number of hydrogen-bond donors (Lipinski definition) is 2. The molecule has 0 unspecified atom stereocenters. The van der Waals surface area contributed by atoms with Crippen molar-refractivity contribution in [1.29, 1.82) is 0 Å². The molecule has 0 aromatic rings. The lowest BCUT2D eigenvalue weighted by atomic mass is 10.1. The summed E-state index contributed by atoms with van der Waals surface area (Å²) < 4.78 is 10.1. The summed E-state index contributed by atoms with van der Waals surface area (Å²) >= 11 is 0. The summed E-state index contributed by atoms with van der Waals surface area (Å²) in [5.74, 6) is -1.14. The first-order chi connectivity index (χ1) is 9.38. The zero-order valence-electron chi connectivity index (χ0n) is 11.6. The zero-order valence-corrected chi connectivity index (χ0v) is 11.6. The summed E-state index contributed by atoms with van der Waals surface area (Å²) in [5, 5.41) is 19.4. The molecule has 2 N–H and O–H groups in total. The Balaban J connectivity index is 2.79. The Bertz CT molecular complexity index is 400. The van der Waals surface area contributed by atoms with Crippen molar-refractivity contribution in [2.24, 2.45) is 0 Å². The summed E-state index contributed by atoms with van der Waals surface area (Å²) in [4.78, 5) is 22.9. The van der Waals surface area contributed by atoms with Crippen LogP contribution in [-0.2, 0) is 19.1 Å². The molecular formula is C14H20O6. The first-order valence-electron chi connectivity index (χ1n) is 6.50. The van der Waals surface area contributed by atoms with Crippen molar-refractivity contribution >= 4 is 11.9 Å². The number of hydrogen-bond acceptors (Lipinski definition) is 6. The topological polar surface area (TPSA) is 93.1 Å². The van der Waals surface area contributed by atoms with Crippen molar-refractivity contribution in [1.82, 2.24) is 0 Å². The fraction of sp³-hybridized carbons (Fsp3) is 0.571. The van der Waals surface area contributed by atoms with Gasteiger partial charge in [0.1, 0.15) is 12.2 Å². The minimum absolute atomic E-state index is 0.0660. The molecule has 0 fully saturated rings. The standard InChI is InChI=1S/C14H20O6/c1-9-4-3-5-13(17)20-10(2)8-12(16)11(15)6-7-14(18)19-9/h3,5-7,9-12,15-16H,4,8H2,1-2H3/b5-3+,7-6+/t9-,10-,11-,12-/m1/s1. The summed E-state index contributed by atoms with van der Waals surface area (Å²) in [6.07, 6.45) is 2.20. The van der Waals surface area contributed by atoms with Crippen molar-refractivity contribution < 1.29 is 29.3 Å². The van der Waals surface area contributed by atoms with E-state index in [0.717, 1.165) is 12.2 Å². The van der Waals surface area contributed by atoms with Crippen molar-refractivity contribution in [3.05, 3.63) is 24.3 Å². The quantitative estimate of drug-likeness (QED) is 0.628. The molecule has 1 rings (SSSR count). The lowest BCUT2D eigenvalue weighted by Crippen LogP contribution is -2.29. The Hall–Kier alpha value is -1.66. The van der Waals surface area contributed by atoms with Gasteiger partial charge in [0.05, 0.1) is 12.2 Å². The number of esters is 2. The van der Waals surface area contributed by atoms with E-state index in [9.17, 15) is 19.8 Å². The third-order valence-electron chi connectivity index (χ3n) is 2.75. The van der Waals surface area contributed by atoms with Gasteiger partial charge >= 0.3 is 11.9 Å². The fourth-order valence-corrected chi connectivity index (χ4v) is 1.71. The maximum atomic E-state index is 11.4. The normalized spacial score (nSPS) is 36.4. The Morgan fingerprint density at radius 1 is 1.05 bits per heavy atom. The second-order valence-electron chi connectivity index (χ2n) is 4.79. The maximum Gasteiger partial charge on any atom is 0.330 e. The molecule has 0 spiro atoms. The first kappa shape index (κ1) is 16.4. The van der Waals surface area contributed by atoms with Crippen LogP contribution in [0.2, 0.25) is 0 Å². The molecule has 1 aliphatic rings. The third kappa shape index (κ3) is 5.99. The molecule has 1 heterocycles. The van der Waals surface area contributed by atoms with E-state index in [1.54, 1.807) is 19.9 Å². The fourth-order valence-electron chi connectivity index (χ4n) is 1.71. The summed E-state index contributed by atoms with van der Waals surface area (Å²) in [6, 6.07) is 0. The predicted octanol–water partition coefficient (Wildman–Crippen LogP) is 0.478. The van der Waals surface area contributed by atoms with Crippen molar-refractivity contribution in [2.75, 3.05) is 0 Å². The smallest absolute Gasteiger partial charge is 0.330 e. The lowest BCUT2D eigenvalue weighted by Gasteiger charge is -2.19. The second kappa shape index (κ2) is 7.81. The molecule has 0 radical (unpaired) electrons. The second-order valence-corrected chi connectivity index (χ2v) is 4.79. The molecule has 0 amide bonds. The molecule has 0 bridgehead atoms. The van der Waals surface area contributed by atoms with Crippen LogP contribution in [0, 0.1) is 0 Å². The summed E-state index contributed by atoms with van der Waals surface area (Å²) in [6.45, 7) is 3.30. The molecule has 0 aromatic carbocycles. The van der Waals surface area contributed by atoms with Gasteiger partial charge in [0.25, 0.3) is 0 Å². The van der Waals surface area contributed by atoms with Gasteiger partial charge in [-0.15, -0.1) is 0 Å². The van der Waals surface area contributed by atoms with Gasteiger partial charge in [0.15, 0.2) is 0 Å². The van der Waals surface area contributed by atoms with Gasteiger partial charge in [-0.25, -0.2) is 9.59 Å². The van der Waals surface area contributed by atoms with Gasteiger partial charge in [-0.3, -0.25) is 0 Å². The number of ether oxygens (including phenoxy) is 2. The Morgan fingerprint density at radius 3 is 2.35 bits per heavy atom. The van der Waals surface area contributed by atoms with E-state index in [2.05, 4.69) is 0 Å². The van der Waals surface area contributed by atoms with Gasteiger partial charge in [-0.2, -0.15) is 0 Å². The highest BCUT2D eigenvalue weighted by atomic mass is 16.5. The molecule has 0 saturated carbocycles. The van der Waals surface area contributed by atoms with Crippen molar-refractivity contribution in [3.63, 3.8) is 0 Å². The monoisotopic (exact) mass is 284 g/mol. The summed E-state index contributed by atoms with van der Waals surface area (Å²) in [5.41, 5.74) is 0. The van der Waals surface area contributed by atoms with Crippen LogP contribution in [0.4, 0.5) is 0 Å². The first-order valence-corrected chi connectivity index (χ1v) is 6.50. The van der Waals surface area contributed by atoms with E-state index in [0.29, 0.717) is 6.42 Å². The SMILES string of the molecule is C[C@@H]1C/C=C/C(=O)O[C@H](C)C[C@@H](O)[C@H](O)/C=C/C(=O)O1. The molecule has 6 nitrogen and oxygen atoms in total. The molecule has 6 heteroatoms.